The Bertz CT molecular complexity index is 542. The Kier molecular flexibility index (Phi) is 7.80. The first-order valence-electron chi connectivity index (χ1n) is 7.65. The Morgan fingerprint density at radius 2 is 2.26 bits per heavy atom. The molecule has 0 aromatic carbocycles. The van der Waals surface area contributed by atoms with E-state index in [1.54, 1.807) is 26.0 Å². The summed E-state index contributed by atoms with van der Waals surface area (Å²) in [6.07, 6.45) is 5.61. The van der Waals surface area contributed by atoms with E-state index in [9.17, 15) is 4.79 Å². The van der Waals surface area contributed by atoms with Crippen molar-refractivity contribution in [2.75, 3.05) is 40.8 Å². The number of likely N-dealkylation sites (tertiary alicyclic amines) is 1. The summed E-state index contributed by atoms with van der Waals surface area (Å²) in [5.74, 6) is 1.49. The van der Waals surface area contributed by atoms with Crippen LogP contribution in [0.5, 0.6) is 0 Å². The number of guanidine groups is 1. The quantitative estimate of drug-likeness (QED) is 0.434. The van der Waals surface area contributed by atoms with E-state index >= 15 is 0 Å². The molecule has 2 rings (SSSR count). The summed E-state index contributed by atoms with van der Waals surface area (Å²) in [6.45, 7) is 2.52. The molecular formula is C15H27IN6O. The Balaban J connectivity index is 0.00000264. The van der Waals surface area contributed by atoms with Gasteiger partial charge in [-0.2, -0.15) is 5.10 Å². The molecule has 7 nitrogen and oxygen atoms in total. The van der Waals surface area contributed by atoms with E-state index in [0.717, 1.165) is 25.5 Å². The fourth-order valence-corrected chi connectivity index (χ4v) is 2.71. The normalized spacial score (nSPS) is 17.8. The fraction of sp³-hybridized carbons (Fsp3) is 0.667. The van der Waals surface area contributed by atoms with Gasteiger partial charge in [-0.15, -0.1) is 24.0 Å². The molecule has 0 bridgehead atoms. The number of nitrogens with zero attached hydrogens (tertiary/aromatic N) is 5. The van der Waals surface area contributed by atoms with Crippen molar-refractivity contribution in [2.45, 2.75) is 18.8 Å². The van der Waals surface area contributed by atoms with E-state index in [0.29, 0.717) is 18.9 Å². The van der Waals surface area contributed by atoms with Crippen LogP contribution in [0, 0.1) is 0 Å². The van der Waals surface area contributed by atoms with Crippen LogP contribution < -0.4 is 5.32 Å². The van der Waals surface area contributed by atoms with Crippen LogP contribution in [0.25, 0.3) is 0 Å². The second-order valence-corrected chi connectivity index (χ2v) is 5.89. The second-order valence-electron chi connectivity index (χ2n) is 5.89. The molecule has 1 aliphatic rings. The van der Waals surface area contributed by atoms with Crippen molar-refractivity contribution in [3.05, 3.63) is 18.0 Å². The molecule has 1 aromatic rings. The molecular weight excluding hydrogens is 407 g/mol. The van der Waals surface area contributed by atoms with E-state index in [4.69, 9.17) is 0 Å². The van der Waals surface area contributed by atoms with Crippen molar-refractivity contribution in [3.8, 4) is 0 Å². The highest BCUT2D eigenvalue weighted by molar-refractivity contribution is 14.0. The molecule has 0 aliphatic carbocycles. The standard InChI is InChI=1S/C15H26N6O.HI/c1-16-15(17-7-5-14(22)19(2)3)21-8-6-12(11-21)13-9-18-20(4)10-13;/h9-10,12H,5-8,11H2,1-4H3,(H,16,17);1H. The van der Waals surface area contributed by atoms with Crippen LogP contribution in [-0.4, -0.2) is 72.2 Å². The minimum absolute atomic E-state index is 0. The van der Waals surface area contributed by atoms with E-state index in [-0.39, 0.29) is 29.9 Å². The molecule has 1 atom stereocenters. The maximum Gasteiger partial charge on any atom is 0.223 e. The van der Waals surface area contributed by atoms with E-state index in [1.165, 1.54) is 5.56 Å². The van der Waals surface area contributed by atoms with Gasteiger partial charge in [-0.25, -0.2) is 0 Å². The van der Waals surface area contributed by atoms with E-state index in [2.05, 4.69) is 26.5 Å². The van der Waals surface area contributed by atoms with Crippen molar-refractivity contribution in [1.82, 2.24) is 24.9 Å². The van der Waals surface area contributed by atoms with E-state index in [1.807, 2.05) is 17.9 Å². The lowest BCUT2D eigenvalue weighted by Gasteiger charge is -2.21. The van der Waals surface area contributed by atoms with Gasteiger partial charge in [0, 0.05) is 66.4 Å². The van der Waals surface area contributed by atoms with Gasteiger partial charge in [0.2, 0.25) is 5.91 Å². The van der Waals surface area contributed by atoms with Crippen molar-refractivity contribution < 1.29 is 4.79 Å². The van der Waals surface area contributed by atoms with Crippen molar-refractivity contribution >= 4 is 35.8 Å². The van der Waals surface area contributed by atoms with E-state index < -0.39 is 0 Å². The van der Waals surface area contributed by atoms with Crippen molar-refractivity contribution in [1.29, 1.82) is 0 Å². The summed E-state index contributed by atoms with van der Waals surface area (Å²) >= 11 is 0. The van der Waals surface area contributed by atoms with Crippen LogP contribution in [0.2, 0.25) is 0 Å². The predicted molar refractivity (Wildman–Crippen MR) is 102 cm³/mol. The zero-order valence-corrected chi connectivity index (χ0v) is 16.7. The molecule has 8 heteroatoms. The molecule has 0 spiro atoms. The molecule has 130 valence electrons. The number of aryl methyl sites for hydroxylation is 1. The van der Waals surface area contributed by atoms with Crippen LogP contribution >= 0.6 is 24.0 Å². The molecule has 1 saturated heterocycles. The number of carbonyl (C=O) groups excluding carboxylic acids is 1. The van der Waals surface area contributed by atoms with Crippen LogP contribution in [0.1, 0.15) is 24.3 Å². The van der Waals surface area contributed by atoms with Gasteiger partial charge >= 0.3 is 0 Å². The van der Waals surface area contributed by atoms with Gasteiger partial charge in [0.15, 0.2) is 5.96 Å². The first-order valence-corrected chi connectivity index (χ1v) is 7.65. The predicted octanol–water partition coefficient (Wildman–Crippen LogP) is 0.881. The molecule has 0 radical (unpaired) electrons. The largest absolute Gasteiger partial charge is 0.356 e. The number of halogens is 1. The van der Waals surface area contributed by atoms with Crippen LogP contribution in [0.4, 0.5) is 0 Å². The number of carbonyl (C=O) groups is 1. The van der Waals surface area contributed by atoms with Gasteiger partial charge in [0.05, 0.1) is 6.20 Å². The Morgan fingerprint density at radius 1 is 1.52 bits per heavy atom. The first kappa shape index (κ1) is 19.7. The second kappa shape index (κ2) is 9.09. The SMILES string of the molecule is CN=C(NCCC(=O)N(C)C)N1CCC(c2cnn(C)c2)C1.I. The third kappa shape index (κ3) is 5.36. The zero-order chi connectivity index (χ0) is 16.1. The number of amides is 1. The minimum Gasteiger partial charge on any atom is -0.356 e. The number of hydrogen-bond acceptors (Lipinski definition) is 3. The van der Waals surface area contributed by atoms with Crippen LogP contribution in [0.15, 0.2) is 17.4 Å². The molecule has 2 heterocycles. The minimum atomic E-state index is 0. The number of aromatic nitrogens is 2. The summed E-state index contributed by atoms with van der Waals surface area (Å²) in [4.78, 5) is 19.8. The Hall–Kier alpha value is -1.32. The van der Waals surface area contributed by atoms with Crippen molar-refractivity contribution in [2.24, 2.45) is 12.0 Å². The summed E-state index contributed by atoms with van der Waals surface area (Å²) in [7, 11) is 7.28. The fourth-order valence-electron chi connectivity index (χ4n) is 2.71. The highest BCUT2D eigenvalue weighted by Gasteiger charge is 2.26. The summed E-state index contributed by atoms with van der Waals surface area (Å²) in [5.41, 5.74) is 1.28. The summed E-state index contributed by atoms with van der Waals surface area (Å²) in [5, 5.41) is 7.53. The zero-order valence-electron chi connectivity index (χ0n) is 14.3. The number of nitrogens with one attached hydrogen (secondary N) is 1. The summed E-state index contributed by atoms with van der Waals surface area (Å²) < 4.78 is 1.85. The van der Waals surface area contributed by atoms with Gasteiger partial charge in [0.1, 0.15) is 0 Å². The molecule has 1 amide bonds. The van der Waals surface area contributed by atoms with Gasteiger partial charge in [-0.3, -0.25) is 14.5 Å². The molecule has 1 N–H and O–H groups in total. The smallest absolute Gasteiger partial charge is 0.223 e. The highest BCUT2D eigenvalue weighted by Crippen LogP contribution is 2.26. The lowest BCUT2D eigenvalue weighted by atomic mass is 10.0. The molecule has 0 saturated carbocycles. The molecule has 1 aromatic heterocycles. The lowest BCUT2D eigenvalue weighted by Crippen LogP contribution is -2.41. The van der Waals surface area contributed by atoms with Gasteiger partial charge in [-0.1, -0.05) is 0 Å². The molecule has 1 aliphatic heterocycles. The van der Waals surface area contributed by atoms with Crippen LogP contribution in [0.3, 0.4) is 0 Å². The third-order valence-corrected chi connectivity index (χ3v) is 4.02. The number of aliphatic imine (C=N–C) groups is 1. The Labute approximate surface area is 155 Å². The first-order chi connectivity index (χ1) is 10.5. The third-order valence-electron chi connectivity index (χ3n) is 4.02. The van der Waals surface area contributed by atoms with Crippen molar-refractivity contribution in [3.63, 3.8) is 0 Å². The molecule has 1 unspecified atom stereocenters. The maximum atomic E-state index is 11.6. The number of hydrogen-bond donors (Lipinski definition) is 1. The van der Waals surface area contributed by atoms with Gasteiger partial charge in [-0.05, 0) is 12.0 Å². The molecule has 23 heavy (non-hydrogen) atoms. The maximum absolute atomic E-state index is 11.6. The average molecular weight is 434 g/mol. The topological polar surface area (TPSA) is 65.8 Å². The van der Waals surface area contributed by atoms with Crippen LogP contribution in [-0.2, 0) is 11.8 Å². The highest BCUT2D eigenvalue weighted by atomic mass is 127. The Morgan fingerprint density at radius 3 is 2.83 bits per heavy atom. The number of rotatable bonds is 4. The van der Waals surface area contributed by atoms with Gasteiger partial charge < -0.3 is 15.1 Å². The average Bonchev–Trinajstić information content (AvgIpc) is 3.12. The lowest BCUT2D eigenvalue weighted by molar-refractivity contribution is -0.128. The van der Waals surface area contributed by atoms with Gasteiger partial charge in [0.25, 0.3) is 0 Å². The molecule has 1 fully saturated rings. The monoisotopic (exact) mass is 434 g/mol. The summed E-state index contributed by atoms with van der Waals surface area (Å²) in [6, 6.07) is 0.